The smallest absolute Gasteiger partial charge is 0.230 e. The molecule has 152 valence electrons. The third-order valence-electron chi connectivity index (χ3n) is 4.49. The van der Waals surface area contributed by atoms with Crippen molar-refractivity contribution in [3.05, 3.63) is 77.5 Å². The number of hydrogen-bond acceptors (Lipinski definition) is 5. The first-order valence-electron chi connectivity index (χ1n) is 9.14. The first kappa shape index (κ1) is 20.3. The lowest BCUT2D eigenvalue weighted by molar-refractivity contribution is -0.119. The number of amides is 1. The van der Waals surface area contributed by atoms with Gasteiger partial charge in [0, 0.05) is 5.02 Å². The van der Waals surface area contributed by atoms with Crippen molar-refractivity contribution in [3.8, 4) is 5.69 Å². The number of benzene rings is 2. The molecule has 9 heteroatoms. The second-order valence-corrected chi connectivity index (χ2v) is 7.92. The molecule has 0 aliphatic rings. The number of carbonyl (C=O) groups excluding carboxylic acids is 1. The maximum absolute atomic E-state index is 13.2. The van der Waals surface area contributed by atoms with Crippen molar-refractivity contribution in [2.75, 3.05) is 5.75 Å². The van der Waals surface area contributed by atoms with Gasteiger partial charge in [0.25, 0.3) is 0 Å². The van der Waals surface area contributed by atoms with Crippen LogP contribution in [0.3, 0.4) is 0 Å². The predicted octanol–water partition coefficient (Wildman–Crippen LogP) is 4.58. The first-order valence-corrected chi connectivity index (χ1v) is 10.5. The number of hydrogen-bond donors (Lipinski definition) is 1. The fourth-order valence-electron chi connectivity index (χ4n) is 3.03. The molecule has 2 heterocycles. The van der Waals surface area contributed by atoms with E-state index in [1.54, 1.807) is 29.1 Å². The monoisotopic (exact) mass is 441 g/mol. The summed E-state index contributed by atoms with van der Waals surface area (Å²) < 4.78 is 14.8. The molecule has 0 spiro atoms. The molecule has 0 radical (unpaired) electrons. The van der Waals surface area contributed by atoms with Gasteiger partial charge >= 0.3 is 0 Å². The van der Waals surface area contributed by atoms with Gasteiger partial charge in [-0.05, 0) is 42.8 Å². The largest absolute Gasteiger partial charge is 0.349 e. The van der Waals surface area contributed by atoms with Crippen LogP contribution in [0.4, 0.5) is 4.39 Å². The summed E-state index contributed by atoms with van der Waals surface area (Å²) in [6.45, 7) is 1.89. The number of aromatic nitrogens is 4. The van der Waals surface area contributed by atoms with Crippen LogP contribution in [0.1, 0.15) is 18.5 Å². The van der Waals surface area contributed by atoms with E-state index in [0.29, 0.717) is 21.4 Å². The van der Waals surface area contributed by atoms with Crippen molar-refractivity contribution in [1.29, 1.82) is 0 Å². The van der Waals surface area contributed by atoms with E-state index in [1.165, 1.54) is 30.2 Å². The summed E-state index contributed by atoms with van der Waals surface area (Å²) in [6, 6.07) is 13.2. The summed E-state index contributed by atoms with van der Waals surface area (Å²) in [5.74, 6) is -0.272. The quantitative estimate of drug-likeness (QED) is 0.350. The Bertz CT molecular complexity index is 1200. The number of nitrogens with one attached hydrogen (secondary N) is 1. The van der Waals surface area contributed by atoms with Crippen LogP contribution in [0.5, 0.6) is 0 Å². The summed E-state index contributed by atoms with van der Waals surface area (Å²) in [5, 5.41) is 9.27. The van der Waals surface area contributed by atoms with Crippen molar-refractivity contribution >= 4 is 40.3 Å². The molecule has 0 bridgehead atoms. The molecule has 30 heavy (non-hydrogen) atoms. The fraction of sp³-hybridized carbons (Fsp3) is 0.143. The van der Waals surface area contributed by atoms with Crippen molar-refractivity contribution in [3.63, 3.8) is 0 Å². The molecular weight excluding hydrogens is 425 g/mol. The SMILES string of the molecule is CC(NC(=O)CSc1ncnc2c1cnn2-c1ccc(F)cc1)c1ccccc1Cl. The summed E-state index contributed by atoms with van der Waals surface area (Å²) >= 11 is 7.50. The number of fused-ring (bicyclic) bond motifs is 1. The van der Waals surface area contributed by atoms with E-state index in [-0.39, 0.29) is 23.5 Å². The van der Waals surface area contributed by atoms with Gasteiger partial charge in [-0.15, -0.1) is 0 Å². The van der Waals surface area contributed by atoms with Crippen LogP contribution in [-0.2, 0) is 4.79 Å². The normalized spacial score (nSPS) is 12.1. The van der Waals surface area contributed by atoms with E-state index in [9.17, 15) is 9.18 Å². The van der Waals surface area contributed by atoms with Crippen LogP contribution in [0.15, 0.2) is 66.1 Å². The minimum Gasteiger partial charge on any atom is -0.349 e. The molecule has 0 fully saturated rings. The Kier molecular flexibility index (Phi) is 5.96. The molecule has 1 unspecified atom stereocenters. The molecular formula is C21H17ClFN5OS. The molecule has 4 aromatic rings. The summed E-state index contributed by atoms with van der Waals surface area (Å²) in [5.41, 5.74) is 2.14. The van der Waals surface area contributed by atoms with Crippen LogP contribution in [0, 0.1) is 5.82 Å². The molecule has 0 saturated carbocycles. The lowest BCUT2D eigenvalue weighted by Crippen LogP contribution is -2.28. The number of nitrogens with zero attached hydrogens (tertiary/aromatic N) is 4. The average molecular weight is 442 g/mol. The standard InChI is InChI=1S/C21H17ClFN5OS/c1-13(16-4-2-3-5-18(16)22)27-19(29)11-30-21-17-10-26-28(20(17)24-12-25-21)15-8-6-14(23)7-9-15/h2-10,12-13H,11H2,1H3,(H,27,29). The molecule has 0 aliphatic carbocycles. The van der Waals surface area contributed by atoms with Gasteiger partial charge in [-0.2, -0.15) is 5.10 Å². The maximum Gasteiger partial charge on any atom is 0.230 e. The molecule has 0 saturated heterocycles. The van der Waals surface area contributed by atoms with Crippen molar-refractivity contribution in [1.82, 2.24) is 25.1 Å². The minimum absolute atomic E-state index is 0.134. The third kappa shape index (κ3) is 4.29. The molecule has 1 atom stereocenters. The molecule has 1 N–H and O–H groups in total. The number of halogens is 2. The van der Waals surface area contributed by atoms with E-state index in [1.807, 2.05) is 25.1 Å². The second kappa shape index (κ2) is 8.81. The molecule has 2 aromatic carbocycles. The van der Waals surface area contributed by atoms with Crippen LogP contribution in [0.2, 0.25) is 5.02 Å². The fourth-order valence-corrected chi connectivity index (χ4v) is 4.10. The summed E-state index contributed by atoms with van der Waals surface area (Å²) in [4.78, 5) is 21.0. The zero-order valence-electron chi connectivity index (χ0n) is 15.9. The Hall–Kier alpha value is -2.97. The predicted molar refractivity (Wildman–Crippen MR) is 115 cm³/mol. The van der Waals surface area contributed by atoms with Gasteiger partial charge < -0.3 is 5.32 Å². The zero-order chi connectivity index (χ0) is 21.1. The maximum atomic E-state index is 13.2. The number of carbonyl (C=O) groups is 1. The van der Waals surface area contributed by atoms with Gasteiger partial charge in [0.2, 0.25) is 5.91 Å². The van der Waals surface area contributed by atoms with Crippen LogP contribution in [-0.4, -0.2) is 31.4 Å². The summed E-state index contributed by atoms with van der Waals surface area (Å²) in [6.07, 6.45) is 3.07. The Morgan fingerprint density at radius 2 is 1.97 bits per heavy atom. The Morgan fingerprint density at radius 1 is 1.20 bits per heavy atom. The Labute approximate surface area is 181 Å². The van der Waals surface area contributed by atoms with E-state index in [0.717, 1.165) is 10.9 Å². The molecule has 1 amide bonds. The van der Waals surface area contributed by atoms with Gasteiger partial charge in [-0.3, -0.25) is 4.79 Å². The van der Waals surface area contributed by atoms with E-state index < -0.39 is 0 Å². The van der Waals surface area contributed by atoms with Crippen LogP contribution < -0.4 is 5.32 Å². The Balaban J connectivity index is 1.47. The third-order valence-corrected chi connectivity index (χ3v) is 5.84. The molecule has 0 aliphatic heterocycles. The highest BCUT2D eigenvalue weighted by molar-refractivity contribution is 8.00. The molecule has 4 rings (SSSR count). The van der Waals surface area contributed by atoms with Gasteiger partial charge in [0.15, 0.2) is 5.65 Å². The van der Waals surface area contributed by atoms with Crippen molar-refractivity contribution < 1.29 is 9.18 Å². The highest BCUT2D eigenvalue weighted by Crippen LogP contribution is 2.26. The first-order chi connectivity index (χ1) is 14.5. The highest BCUT2D eigenvalue weighted by Gasteiger charge is 2.15. The zero-order valence-corrected chi connectivity index (χ0v) is 17.5. The number of rotatable bonds is 6. The molecule has 6 nitrogen and oxygen atoms in total. The average Bonchev–Trinajstić information content (AvgIpc) is 3.18. The summed E-state index contributed by atoms with van der Waals surface area (Å²) in [7, 11) is 0. The minimum atomic E-state index is -0.321. The topological polar surface area (TPSA) is 72.7 Å². The van der Waals surface area contributed by atoms with Crippen molar-refractivity contribution in [2.45, 2.75) is 18.0 Å². The lowest BCUT2D eigenvalue weighted by atomic mass is 10.1. The van der Waals surface area contributed by atoms with Gasteiger partial charge in [-0.25, -0.2) is 19.0 Å². The van der Waals surface area contributed by atoms with Crippen LogP contribution >= 0.6 is 23.4 Å². The highest BCUT2D eigenvalue weighted by atomic mass is 35.5. The lowest BCUT2D eigenvalue weighted by Gasteiger charge is -2.15. The molecule has 2 aromatic heterocycles. The van der Waals surface area contributed by atoms with Gasteiger partial charge in [0.1, 0.15) is 17.2 Å². The Morgan fingerprint density at radius 3 is 2.73 bits per heavy atom. The van der Waals surface area contributed by atoms with Crippen LogP contribution in [0.25, 0.3) is 16.7 Å². The second-order valence-electron chi connectivity index (χ2n) is 6.55. The van der Waals surface area contributed by atoms with Gasteiger partial charge in [0.05, 0.1) is 29.1 Å². The number of thioether (sulfide) groups is 1. The van der Waals surface area contributed by atoms with E-state index >= 15 is 0 Å². The van der Waals surface area contributed by atoms with E-state index in [4.69, 9.17) is 11.6 Å². The van der Waals surface area contributed by atoms with Gasteiger partial charge in [-0.1, -0.05) is 41.6 Å². The van der Waals surface area contributed by atoms with E-state index in [2.05, 4.69) is 20.4 Å². The van der Waals surface area contributed by atoms with Crippen molar-refractivity contribution in [2.24, 2.45) is 0 Å².